The topological polar surface area (TPSA) is 54.0 Å². The monoisotopic (exact) mass is 391 g/mol. The van der Waals surface area contributed by atoms with E-state index in [-0.39, 0.29) is 0 Å². The summed E-state index contributed by atoms with van der Waals surface area (Å²) in [5.74, 6) is -0.426. The van der Waals surface area contributed by atoms with Crippen LogP contribution in [0.3, 0.4) is 0 Å². The first-order valence-electron chi connectivity index (χ1n) is 8.57. The molecule has 1 aromatic heterocycles. The number of nitrogens with zero attached hydrogens (tertiary/aromatic N) is 1. The van der Waals surface area contributed by atoms with Gasteiger partial charge in [0, 0.05) is 21.7 Å². The van der Waals surface area contributed by atoms with Gasteiger partial charge in [0.2, 0.25) is 0 Å². The number of amides is 2. The Morgan fingerprint density at radius 3 is 2.54 bits per heavy atom. The van der Waals surface area contributed by atoms with Gasteiger partial charge >= 0.3 is 6.03 Å². The van der Waals surface area contributed by atoms with Gasteiger partial charge in [-0.25, -0.2) is 9.18 Å². The number of hydrogen-bond acceptors (Lipinski definition) is 2. The molecule has 0 aliphatic carbocycles. The van der Waals surface area contributed by atoms with Crippen molar-refractivity contribution in [3.63, 3.8) is 0 Å². The van der Waals surface area contributed by atoms with E-state index in [9.17, 15) is 9.18 Å². The summed E-state index contributed by atoms with van der Waals surface area (Å²) in [4.78, 5) is 16.9. The average molecular weight is 392 g/mol. The maximum Gasteiger partial charge on any atom is 0.323 e. The molecular formula is C22H15ClFN3O. The lowest BCUT2D eigenvalue weighted by Crippen LogP contribution is -2.20. The van der Waals surface area contributed by atoms with Gasteiger partial charge < -0.3 is 10.6 Å². The predicted molar refractivity (Wildman–Crippen MR) is 111 cm³/mol. The number of halogens is 2. The zero-order chi connectivity index (χ0) is 19.5. The van der Waals surface area contributed by atoms with E-state index in [1.807, 2.05) is 42.5 Å². The number of pyridine rings is 1. The van der Waals surface area contributed by atoms with E-state index >= 15 is 0 Å². The molecule has 0 atom stereocenters. The molecule has 4 nitrogen and oxygen atoms in total. The molecule has 0 saturated carbocycles. The highest BCUT2D eigenvalue weighted by Crippen LogP contribution is 2.35. The maximum absolute atomic E-state index is 13.3. The fraction of sp³-hybridized carbons (Fsp3) is 0. The highest BCUT2D eigenvalue weighted by atomic mass is 35.5. The molecular weight excluding hydrogens is 377 g/mol. The van der Waals surface area contributed by atoms with Gasteiger partial charge in [0.15, 0.2) is 0 Å². The molecule has 28 heavy (non-hydrogen) atoms. The lowest BCUT2D eigenvalue weighted by atomic mass is 9.99. The van der Waals surface area contributed by atoms with Crippen LogP contribution in [0, 0.1) is 5.82 Å². The van der Waals surface area contributed by atoms with Crippen LogP contribution < -0.4 is 10.6 Å². The van der Waals surface area contributed by atoms with Gasteiger partial charge in [-0.3, -0.25) is 4.98 Å². The first-order chi connectivity index (χ1) is 13.6. The molecule has 0 aliphatic heterocycles. The highest BCUT2D eigenvalue weighted by molar-refractivity contribution is 6.31. The van der Waals surface area contributed by atoms with E-state index in [1.54, 1.807) is 18.3 Å². The third-order valence-electron chi connectivity index (χ3n) is 4.22. The van der Waals surface area contributed by atoms with Crippen molar-refractivity contribution in [1.29, 1.82) is 0 Å². The van der Waals surface area contributed by atoms with Gasteiger partial charge in [-0.2, -0.15) is 0 Å². The van der Waals surface area contributed by atoms with Crippen LogP contribution in [0.15, 0.2) is 79.0 Å². The van der Waals surface area contributed by atoms with Gasteiger partial charge in [0.1, 0.15) is 5.82 Å². The van der Waals surface area contributed by atoms with Crippen LogP contribution in [-0.2, 0) is 0 Å². The molecule has 0 fully saturated rings. The Hall–Kier alpha value is -3.44. The number of benzene rings is 3. The Morgan fingerprint density at radius 1 is 0.929 bits per heavy atom. The fourth-order valence-electron chi connectivity index (χ4n) is 3.03. The summed E-state index contributed by atoms with van der Waals surface area (Å²) in [6.07, 6.45) is 1.60. The van der Waals surface area contributed by atoms with Gasteiger partial charge in [-0.1, -0.05) is 48.0 Å². The summed E-state index contributed by atoms with van der Waals surface area (Å²) in [5, 5.41) is 6.83. The first kappa shape index (κ1) is 17.9. The summed E-state index contributed by atoms with van der Waals surface area (Å²) in [6.45, 7) is 0. The Morgan fingerprint density at radius 2 is 1.75 bits per heavy atom. The molecule has 0 aliphatic rings. The fourth-order valence-corrected chi connectivity index (χ4v) is 3.20. The summed E-state index contributed by atoms with van der Waals surface area (Å²) >= 11 is 6.20. The number of rotatable bonds is 3. The number of anilines is 2. The number of urea groups is 1. The van der Waals surface area contributed by atoms with E-state index in [2.05, 4.69) is 15.6 Å². The maximum atomic E-state index is 13.3. The molecule has 6 heteroatoms. The second-order valence-corrected chi connectivity index (χ2v) is 6.60. The van der Waals surface area contributed by atoms with Crippen molar-refractivity contribution < 1.29 is 9.18 Å². The van der Waals surface area contributed by atoms with E-state index in [4.69, 9.17) is 11.6 Å². The van der Waals surface area contributed by atoms with Crippen LogP contribution in [0.25, 0.3) is 22.0 Å². The molecule has 0 unspecified atom stereocenters. The number of hydrogen-bond donors (Lipinski definition) is 2. The number of carbonyl (C=O) groups is 1. The Bertz CT molecular complexity index is 1170. The molecule has 4 rings (SSSR count). The van der Waals surface area contributed by atoms with Crippen molar-refractivity contribution in [2.24, 2.45) is 0 Å². The third kappa shape index (κ3) is 3.80. The molecule has 3 aromatic carbocycles. The first-order valence-corrected chi connectivity index (χ1v) is 8.95. The number of fused-ring (bicyclic) bond motifs is 1. The van der Waals surface area contributed by atoms with E-state index < -0.39 is 11.8 Å². The van der Waals surface area contributed by atoms with Crippen molar-refractivity contribution in [2.45, 2.75) is 0 Å². The minimum atomic E-state index is -0.494. The molecule has 0 bridgehead atoms. The van der Waals surface area contributed by atoms with Crippen molar-refractivity contribution in [3.05, 3.63) is 89.8 Å². The molecule has 2 N–H and O–H groups in total. The summed E-state index contributed by atoms with van der Waals surface area (Å²) in [6, 6.07) is 20.3. The SMILES string of the molecule is O=C(Nc1cccc(F)c1)Nc1cnc2ccc(Cl)cc2c1-c1ccccc1. The molecule has 0 saturated heterocycles. The summed E-state index contributed by atoms with van der Waals surface area (Å²) in [5.41, 5.74) is 3.37. The van der Waals surface area contributed by atoms with E-state index in [1.165, 1.54) is 18.2 Å². The normalized spacial score (nSPS) is 10.6. The second kappa shape index (κ2) is 7.66. The molecule has 1 heterocycles. The minimum absolute atomic E-state index is 0.357. The lowest BCUT2D eigenvalue weighted by molar-refractivity contribution is 0.262. The molecule has 2 amide bonds. The molecule has 138 valence electrons. The molecule has 4 aromatic rings. The van der Waals surface area contributed by atoms with Crippen LogP contribution in [0.2, 0.25) is 5.02 Å². The lowest BCUT2D eigenvalue weighted by Gasteiger charge is -2.15. The van der Waals surface area contributed by atoms with Crippen LogP contribution >= 0.6 is 11.6 Å². The standard InChI is InChI=1S/C22H15ClFN3O/c23-15-9-10-19-18(11-15)21(14-5-2-1-3-6-14)20(13-25-19)27-22(28)26-17-8-4-7-16(24)12-17/h1-13H,(H2,26,27,28). The smallest absolute Gasteiger partial charge is 0.308 e. The number of carbonyl (C=O) groups excluding carboxylic acids is 1. The third-order valence-corrected chi connectivity index (χ3v) is 4.46. The average Bonchev–Trinajstić information content (AvgIpc) is 2.68. The molecule has 0 radical (unpaired) electrons. The van der Waals surface area contributed by atoms with Crippen LogP contribution in [0.1, 0.15) is 0 Å². The number of aromatic nitrogens is 1. The van der Waals surface area contributed by atoms with Crippen LogP contribution in [0.4, 0.5) is 20.6 Å². The minimum Gasteiger partial charge on any atom is -0.308 e. The largest absolute Gasteiger partial charge is 0.323 e. The van der Waals surface area contributed by atoms with Gasteiger partial charge in [-0.05, 0) is 42.0 Å². The second-order valence-electron chi connectivity index (χ2n) is 6.16. The predicted octanol–water partition coefficient (Wildman–Crippen LogP) is 6.34. The van der Waals surface area contributed by atoms with E-state index in [0.717, 1.165) is 22.0 Å². The van der Waals surface area contributed by atoms with Crippen molar-refractivity contribution in [3.8, 4) is 11.1 Å². The van der Waals surface area contributed by atoms with Crippen molar-refractivity contribution in [2.75, 3.05) is 10.6 Å². The summed E-state index contributed by atoms with van der Waals surface area (Å²) < 4.78 is 13.3. The Balaban J connectivity index is 1.75. The number of nitrogens with one attached hydrogen (secondary N) is 2. The molecule has 0 spiro atoms. The van der Waals surface area contributed by atoms with Crippen LogP contribution in [0.5, 0.6) is 0 Å². The highest BCUT2D eigenvalue weighted by Gasteiger charge is 2.14. The van der Waals surface area contributed by atoms with Gasteiger partial charge in [0.05, 0.1) is 17.4 Å². The quantitative estimate of drug-likeness (QED) is 0.428. The van der Waals surface area contributed by atoms with Crippen molar-refractivity contribution in [1.82, 2.24) is 4.98 Å². The Labute approximate surface area is 166 Å². The zero-order valence-corrected chi connectivity index (χ0v) is 15.4. The van der Waals surface area contributed by atoms with Crippen molar-refractivity contribution >= 4 is 39.9 Å². The van der Waals surface area contributed by atoms with Gasteiger partial charge in [-0.15, -0.1) is 0 Å². The summed E-state index contributed by atoms with van der Waals surface area (Å²) in [7, 11) is 0. The van der Waals surface area contributed by atoms with Gasteiger partial charge in [0.25, 0.3) is 0 Å². The Kier molecular flexibility index (Phi) is 4.91. The zero-order valence-electron chi connectivity index (χ0n) is 14.6. The van der Waals surface area contributed by atoms with E-state index in [0.29, 0.717) is 16.4 Å². The van der Waals surface area contributed by atoms with Crippen LogP contribution in [-0.4, -0.2) is 11.0 Å².